The second-order valence-corrected chi connectivity index (χ2v) is 9.03. The van der Waals surface area contributed by atoms with Gasteiger partial charge in [0, 0.05) is 32.4 Å². The monoisotopic (exact) mass is 375 g/mol. The van der Waals surface area contributed by atoms with Gasteiger partial charge in [-0.3, -0.25) is 19.2 Å². The zero-order valence-electron chi connectivity index (χ0n) is 16.8. The van der Waals surface area contributed by atoms with E-state index in [2.05, 4.69) is 31.2 Å². The van der Waals surface area contributed by atoms with Crippen molar-refractivity contribution in [3.05, 3.63) is 18.0 Å². The molecule has 2 fully saturated rings. The Hall–Kier alpha value is -2.38. The van der Waals surface area contributed by atoms with Crippen LogP contribution in [0.4, 0.5) is 4.79 Å². The highest BCUT2D eigenvalue weighted by atomic mass is 16.2. The number of carbonyl (C=O) groups excluding carboxylic acids is 3. The topological polar surface area (TPSA) is 87.5 Å². The Morgan fingerprint density at radius 3 is 2.67 bits per heavy atom. The average molecular weight is 375 g/mol. The molecule has 27 heavy (non-hydrogen) atoms. The number of nitrogens with one attached hydrogen (secondary N) is 1. The molecule has 1 saturated carbocycles. The molecule has 1 aliphatic carbocycles. The van der Waals surface area contributed by atoms with Gasteiger partial charge in [0.05, 0.1) is 6.20 Å². The summed E-state index contributed by atoms with van der Waals surface area (Å²) in [6.07, 6.45) is 5.77. The van der Waals surface area contributed by atoms with Crippen LogP contribution in [-0.2, 0) is 23.2 Å². The van der Waals surface area contributed by atoms with Gasteiger partial charge in [0.25, 0.3) is 5.91 Å². The molecule has 1 aliphatic heterocycles. The van der Waals surface area contributed by atoms with Crippen LogP contribution in [0.5, 0.6) is 0 Å². The first-order valence-corrected chi connectivity index (χ1v) is 9.37. The molecule has 4 amide bonds. The van der Waals surface area contributed by atoms with Gasteiger partial charge in [-0.2, -0.15) is 5.10 Å². The number of imide groups is 1. The predicted octanol–water partition coefficient (Wildman–Crippen LogP) is 1.52. The Morgan fingerprint density at radius 2 is 2.07 bits per heavy atom. The highest BCUT2D eigenvalue weighted by molar-refractivity contribution is 6.09. The Balaban J connectivity index is 1.69. The minimum atomic E-state index is -0.875. The molecule has 1 saturated heterocycles. The highest BCUT2D eigenvalue weighted by Gasteiger charge is 2.56. The van der Waals surface area contributed by atoms with Gasteiger partial charge >= 0.3 is 6.03 Å². The van der Waals surface area contributed by atoms with Crippen LogP contribution in [0.1, 0.15) is 45.6 Å². The van der Waals surface area contributed by atoms with Crippen LogP contribution in [0.3, 0.4) is 0 Å². The van der Waals surface area contributed by atoms with Gasteiger partial charge in [0.2, 0.25) is 5.91 Å². The van der Waals surface area contributed by atoms with Gasteiger partial charge < -0.3 is 10.2 Å². The summed E-state index contributed by atoms with van der Waals surface area (Å²) in [5, 5.41) is 6.99. The maximum Gasteiger partial charge on any atom is 0.325 e. The lowest BCUT2D eigenvalue weighted by Crippen LogP contribution is -2.54. The van der Waals surface area contributed by atoms with Crippen molar-refractivity contribution in [2.24, 2.45) is 18.4 Å². The number of nitrogens with zero attached hydrogens (tertiary/aromatic N) is 4. The lowest BCUT2D eigenvalue weighted by Gasteiger charge is -2.43. The van der Waals surface area contributed by atoms with Crippen molar-refractivity contribution in [3.63, 3.8) is 0 Å². The quantitative estimate of drug-likeness (QED) is 0.808. The fourth-order valence-electron chi connectivity index (χ4n) is 4.82. The second-order valence-electron chi connectivity index (χ2n) is 9.03. The zero-order chi connectivity index (χ0) is 20.0. The fourth-order valence-corrected chi connectivity index (χ4v) is 4.82. The van der Waals surface area contributed by atoms with Crippen LogP contribution in [0.25, 0.3) is 0 Å². The minimum absolute atomic E-state index is 0.0300. The SMILES string of the molecule is CC1CC(C)(C)CC2(C1)NC(=O)N(CC(=O)N(C)Cc1cnn(C)c1)C2=O. The number of amides is 4. The molecule has 2 aliphatic rings. The standard InChI is InChI=1S/C19H29N5O3/c1-13-6-18(2,3)12-19(7-13)16(26)24(17(27)21-19)11-15(25)22(4)9-14-8-20-23(5)10-14/h8,10,13H,6-7,9,11-12H2,1-5H3,(H,21,27). The lowest BCUT2D eigenvalue weighted by molar-refractivity contribution is -0.140. The number of likely N-dealkylation sites (N-methyl/N-ethyl adjacent to an activating group) is 1. The van der Waals surface area contributed by atoms with Crippen LogP contribution >= 0.6 is 0 Å². The van der Waals surface area contributed by atoms with Crippen LogP contribution in [-0.4, -0.2) is 56.6 Å². The van der Waals surface area contributed by atoms with Gasteiger partial charge in [-0.1, -0.05) is 20.8 Å². The molecule has 1 aromatic heterocycles. The first kappa shape index (κ1) is 19.4. The normalized spacial score (nSPS) is 27.1. The number of rotatable bonds is 4. The summed E-state index contributed by atoms with van der Waals surface area (Å²) in [5.74, 6) is -0.209. The van der Waals surface area contributed by atoms with Crippen molar-refractivity contribution < 1.29 is 14.4 Å². The lowest BCUT2D eigenvalue weighted by atomic mass is 9.64. The molecule has 1 aromatic rings. The molecule has 2 atom stereocenters. The summed E-state index contributed by atoms with van der Waals surface area (Å²) >= 11 is 0. The predicted molar refractivity (Wildman–Crippen MR) is 99.5 cm³/mol. The largest absolute Gasteiger partial charge is 0.340 e. The van der Waals surface area contributed by atoms with Gasteiger partial charge in [0.1, 0.15) is 12.1 Å². The Labute approximate surface area is 159 Å². The maximum atomic E-state index is 13.1. The van der Waals surface area contributed by atoms with E-state index in [4.69, 9.17) is 0 Å². The van der Waals surface area contributed by atoms with Crippen LogP contribution in [0, 0.1) is 11.3 Å². The Bertz CT molecular complexity index is 771. The van der Waals surface area contributed by atoms with E-state index in [1.165, 1.54) is 4.90 Å². The molecule has 8 heteroatoms. The third kappa shape index (κ3) is 3.84. The maximum absolute atomic E-state index is 13.1. The van der Waals surface area contributed by atoms with E-state index in [1.807, 2.05) is 13.2 Å². The fraction of sp³-hybridized carbons (Fsp3) is 0.684. The molecule has 1 N–H and O–H groups in total. The zero-order valence-corrected chi connectivity index (χ0v) is 16.8. The molecule has 0 aromatic carbocycles. The van der Waals surface area contributed by atoms with E-state index in [0.29, 0.717) is 25.3 Å². The molecule has 0 radical (unpaired) electrons. The minimum Gasteiger partial charge on any atom is -0.340 e. The molecule has 2 unspecified atom stereocenters. The van der Waals surface area contributed by atoms with Gasteiger partial charge in [0.15, 0.2) is 0 Å². The smallest absolute Gasteiger partial charge is 0.325 e. The molecular weight excluding hydrogens is 346 g/mol. The number of hydrogen-bond donors (Lipinski definition) is 1. The van der Waals surface area contributed by atoms with Crippen molar-refractivity contribution in [2.75, 3.05) is 13.6 Å². The molecule has 148 valence electrons. The molecule has 3 rings (SSSR count). The number of urea groups is 1. The number of aromatic nitrogens is 2. The first-order chi connectivity index (χ1) is 12.5. The average Bonchev–Trinajstić information content (AvgIpc) is 3.02. The van der Waals surface area contributed by atoms with Crippen LogP contribution in [0.15, 0.2) is 12.4 Å². The third-order valence-corrected chi connectivity index (χ3v) is 5.52. The summed E-state index contributed by atoms with van der Waals surface area (Å²) in [7, 11) is 3.47. The molecule has 2 heterocycles. The molecule has 1 spiro atoms. The van der Waals surface area contributed by atoms with E-state index in [9.17, 15) is 14.4 Å². The van der Waals surface area contributed by atoms with Crippen LogP contribution in [0.2, 0.25) is 0 Å². The van der Waals surface area contributed by atoms with Crippen molar-refractivity contribution in [3.8, 4) is 0 Å². The van der Waals surface area contributed by atoms with Gasteiger partial charge in [-0.15, -0.1) is 0 Å². The van der Waals surface area contributed by atoms with Crippen molar-refractivity contribution in [1.82, 2.24) is 24.9 Å². The van der Waals surface area contributed by atoms with E-state index < -0.39 is 11.6 Å². The van der Waals surface area contributed by atoms with E-state index in [0.717, 1.165) is 16.9 Å². The first-order valence-electron chi connectivity index (χ1n) is 9.37. The summed E-state index contributed by atoms with van der Waals surface area (Å²) in [6.45, 7) is 6.50. The Morgan fingerprint density at radius 1 is 1.37 bits per heavy atom. The summed E-state index contributed by atoms with van der Waals surface area (Å²) in [6, 6.07) is -0.465. The van der Waals surface area contributed by atoms with Gasteiger partial charge in [-0.05, 0) is 30.6 Å². The second kappa shape index (κ2) is 6.65. The molecular formula is C19H29N5O3. The number of hydrogen-bond acceptors (Lipinski definition) is 4. The van der Waals surface area contributed by atoms with Gasteiger partial charge in [-0.25, -0.2) is 4.79 Å². The van der Waals surface area contributed by atoms with Crippen LogP contribution < -0.4 is 5.32 Å². The summed E-state index contributed by atoms with van der Waals surface area (Å²) in [5.41, 5.74) is -0.0112. The van der Waals surface area contributed by atoms with Crippen molar-refractivity contribution in [1.29, 1.82) is 0 Å². The van der Waals surface area contributed by atoms with E-state index in [1.54, 1.807) is 17.9 Å². The molecule has 8 nitrogen and oxygen atoms in total. The number of carbonyl (C=O) groups is 3. The van der Waals surface area contributed by atoms with E-state index >= 15 is 0 Å². The summed E-state index contributed by atoms with van der Waals surface area (Å²) < 4.78 is 1.67. The Kier molecular flexibility index (Phi) is 4.78. The molecule has 0 bridgehead atoms. The number of aryl methyl sites for hydroxylation is 1. The van der Waals surface area contributed by atoms with Crippen molar-refractivity contribution >= 4 is 17.8 Å². The summed E-state index contributed by atoms with van der Waals surface area (Å²) in [4.78, 5) is 40.8. The third-order valence-electron chi connectivity index (χ3n) is 5.52. The highest BCUT2D eigenvalue weighted by Crippen LogP contribution is 2.46. The van der Waals surface area contributed by atoms with Crippen molar-refractivity contribution in [2.45, 2.75) is 52.1 Å². The van der Waals surface area contributed by atoms with E-state index in [-0.39, 0.29) is 23.8 Å².